The molecular formula is C10H19N2. The molecule has 0 aromatic heterocycles. The molecule has 1 heterocycles. The van der Waals surface area contributed by atoms with Crippen LogP contribution in [0.2, 0.25) is 0 Å². The van der Waals surface area contributed by atoms with E-state index in [0.29, 0.717) is 6.04 Å². The number of piperazine rings is 1. The van der Waals surface area contributed by atoms with Crippen LogP contribution in [-0.2, 0) is 0 Å². The normalized spacial score (nSPS) is 24.9. The molecule has 2 N–H and O–H groups in total. The van der Waals surface area contributed by atoms with Crippen LogP contribution in [0, 0.1) is 6.92 Å². The fourth-order valence-electron chi connectivity index (χ4n) is 1.33. The van der Waals surface area contributed by atoms with Crippen molar-refractivity contribution in [3.63, 3.8) is 0 Å². The largest absolute Gasteiger partial charge is 0.314 e. The molecule has 0 aromatic rings. The van der Waals surface area contributed by atoms with Crippen LogP contribution in [0.1, 0.15) is 19.3 Å². The lowest BCUT2D eigenvalue weighted by molar-refractivity contribution is 0.470. The minimum absolute atomic E-state index is 0.545. The Morgan fingerprint density at radius 1 is 1.42 bits per heavy atom. The second-order valence-corrected chi connectivity index (χ2v) is 3.19. The van der Waals surface area contributed by atoms with Crippen molar-refractivity contribution < 1.29 is 0 Å². The maximum absolute atomic E-state index is 3.81. The van der Waals surface area contributed by atoms with Gasteiger partial charge in [0.1, 0.15) is 0 Å². The van der Waals surface area contributed by atoms with Gasteiger partial charge in [0, 0.05) is 25.7 Å². The van der Waals surface area contributed by atoms with E-state index in [1.807, 2.05) is 0 Å². The molecule has 0 bridgehead atoms. The fourth-order valence-corrected chi connectivity index (χ4v) is 1.33. The molecule has 1 aliphatic heterocycles. The molecule has 1 atom stereocenters. The Morgan fingerprint density at radius 2 is 2.33 bits per heavy atom. The van der Waals surface area contributed by atoms with E-state index in [2.05, 4.69) is 29.7 Å². The average Bonchev–Trinajstić information content (AvgIpc) is 2.14. The van der Waals surface area contributed by atoms with E-state index in [0.717, 1.165) is 26.1 Å². The first-order valence-corrected chi connectivity index (χ1v) is 4.83. The van der Waals surface area contributed by atoms with E-state index < -0.39 is 0 Å². The third-order valence-corrected chi connectivity index (χ3v) is 2.06. The Hall–Kier alpha value is -0.340. The molecule has 1 fully saturated rings. The molecule has 0 amide bonds. The maximum atomic E-state index is 3.81. The van der Waals surface area contributed by atoms with Crippen LogP contribution in [0.3, 0.4) is 0 Å². The van der Waals surface area contributed by atoms with Gasteiger partial charge in [-0.15, -0.1) is 0 Å². The van der Waals surface area contributed by atoms with Gasteiger partial charge in [-0.05, 0) is 12.8 Å². The van der Waals surface area contributed by atoms with Crippen LogP contribution in [0.25, 0.3) is 0 Å². The SMILES string of the molecule is [CH2]CCCC=CC1CNCCN1. The Morgan fingerprint density at radius 3 is 3.00 bits per heavy atom. The van der Waals surface area contributed by atoms with Gasteiger partial charge in [-0.1, -0.05) is 25.5 Å². The van der Waals surface area contributed by atoms with E-state index in [9.17, 15) is 0 Å². The summed E-state index contributed by atoms with van der Waals surface area (Å²) in [4.78, 5) is 0. The molecular weight excluding hydrogens is 148 g/mol. The standard InChI is InChI=1S/C10H19N2/c1-2-3-4-5-6-10-9-11-7-8-12-10/h5-6,10-12H,1-4,7-9H2. The van der Waals surface area contributed by atoms with E-state index in [4.69, 9.17) is 0 Å². The molecule has 2 heteroatoms. The summed E-state index contributed by atoms with van der Waals surface area (Å²) in [5, 5.41) is 6.78. The molecule has 1 rings (SSSR count). The lowest BCUT2D eigenvalue weighted by atomic mass is 10.2. The fraction of sp³-hybridized carbons (Fsp3) is 0.700. The zero-order valence-electron chi connectivity index (χ0n) is 7.68. The van der Waals surface area contributed by atoms with Crippen LogP contribution >= 0.6 is 0 Å². The quantitative estimate of drug-likeness (QED) is 0.484. The van der Waals surface area contributed by atoms with E-state index in [-0.39, 0.29) is 0 Å². The zero-order valence-corrected chi connectivity index (χ0v) is 7.68. The Kier molecular flexibility index (Phi) is 5.04. The van der Waals surface area contributed by atoms with Gasteiger partial charge < -0.3 is 10.6 Å². The summed E-state index contributed by atoms with van der Waals surface area (Å²) < 4.78 is 0. The summed E-state index contributed by atoms with van der Waals surface area (Å²) in [5.74, 6) is 0. The van der Waals surface area contributed by atoms with Crippen LogP contribution in [-0.4, -0.2) is 25.7 Å². The monoisotopic (exact) mass is 167 g/mol. The van der Waals surface area contributed by atoms with E-state index >= 15 is 0 Å². The predicted molar refractivity (Wildman–Crippen MR) is 53.0 cm³/mol. The number of hydrogen-bond donors (Lipinski definition) is 2. The van der Waals surface area contributed by atoms with Crippen LogP contribution in [0.15, 0.2) is 12.2 Å². The Labute approximate surface area is 75.4 Å². The second kappa shape index (κ2) is 6.21. The molecule has 12 heavy (non-hydrogen) atoms. The van der Waals surface area contributed by atoms with Gasteiger partial charge in [0.2, 0.25) is 0 Å². The highest BCUT2D eigenvalue weighted by Gasteiger charge is 2.06. The van der Waals surface area contributed by atoms with Crippen LogP contribution < -0.4 is 10.6 Å². The molecule has 2 nitrogen and oxygen atoms in total. The van der Waals surface area contributed by atoms with Gasteiger partial charge in [0.25, 0.3) is 0 Å². The summed E-state index contributed by atoms with van der Waals surface area (Å²) in [7, 11) is 0. The first-order valence-electron chi connectivity index (χ1n) is 4.83. The van der Waals surface area contributed by atoms with Crippen molar-refractivity contribution in [3.8, 4) is 0 Å². The molecule has 0 aromatic carbocycles. The van der Waals surface area contributed by atoms with Gasteiger partial charge in [0.05, 0.1) is 0 Å². The summed E-state index contributed by atoms with van der Waals surface area (Å²) in [5.41, 5.74) is 0. The summed E-state index contributed by atoms with van der Waals surface area (Å²) in [6.45, 7) is 7.07. The van der Waals surface area contributed by atoms with Gasteiger partial charge in [0.15, 0.2) is 0 Å². The molecule has 0 spiro atoms. The summed E-state index contributed by atoms with van der Waals surface area (Å²) in [6.07, 6.45) is 7.94. The maximum Gasteiger partial charge on any atom is 0.0376 e. The van der Waals surface area contributed by atoms with Crippen molar-refractivity contribution >= 4 is 0 Å². The number of allylic oxidation sites excluding steroid dienone is 1. The van der Waals surface area contributed by atoms with Crippen molar-refractivity contribution in [1.29, 1.82) is 0 Å². The highest BCUT2D eigenvalue weighted by Crippen LogP contribution is 1.97. The first kappa shape index (κ1) is 9.75. The minimum Gasteiger partial charge on any atom is -0.314 e. The Bertz CT molecular complexity index is 126. The second-order valence-electron chi connectivity index (χ2n) is 3.19. The molecule has 69 valence electrons. The van der Waals surface area contributed by atoms with E-state index in [1.54, 1.807) is 0 Å². The highest BCUT2D eigenvalue weighted by atomic mass is 15.0. The first-order chi connectivity index (χ1) is 5.93. The van der Waals surface area contributed by atoms with Crippen LogP contribution in [0.4, 0.5) is 0 Å². The average molecular weight is 167 g/mol. The number of hydrogen-bond acceptors (Lipinski definition) is 2. The summed E-state index contributed by atoms with van der Waals surface area (Å²) in [6, 6.07) is 0.545. The van der Waals surface area contributed by atoms with Crippen molar-refractivity contribution in [1.82, 2.24) is 10.6 Å². The lowest BCUT2D eigenvalue weighted by Gasteiger charge is -2.21. The number of rotatable bonds is 4. The lowest BCUT2D eigenvalue weighted by Crippen LogP contribution is -2.47. The van der Waals surface area contributed by atoms with Gasteiger partial charge in [-0.2, -0.15) is 0 Å². The zero-order chi connectivity index (χ0) is 8.65. The van der Waals surface area contributed by atoms with E-state index in [1.165, 1.54) is 12.8 Å². The number of nitrogens with one attached hydrogen (secondary N) is 2. The predicted octanol–water partition coefficient (Wildman–Crippen LogP) is 1.11. The van der Waals surface area contributed by atoms with Crippen molar-refractivity contribution in [2.75, 3.05) is 19.6 Å². The third kappa shape index (κ3) is 3.88. The highest BCUT2D eigenvalue weighted by molar-refractivity contribution is 4.96. The van der Waals surface area contributed by atoms with Gasteiger partial charge in [-0.3, -0.25) is 0 Å². The molecule has 1 unspecified atom stereocenters. The molecule has 0 aliphatic carbocycles. The topological polar surface area (TPSA) is 24.1 Å². The third-order valence-electron chi connectivity index (χ3n) is 2.06. The molecule has 1 radical (unpaired) electrons. The van der Waals surface area contributed by atoms with Crippen molar-refractivity contribution in [3.05, 3.63) is 19.1 Å². The van der Waals surface area contributed by atoms with Gasteiger partial charge >= 0.3 is 0 Å². The molecule has 1 saturated heterocycles. The van der Waals surface area contributed by atoms with Crippen molar-refractivity contribution in [2.24, 2.45) is 0 Å². The van der Waals surface area contributed by atoms with Crippen LogP contribution in [0.5, 0.6) is 0 Å². The molecule has 1 aliphatic rings. The Balaban J connectivity index is 2.07. The van der Waals surface area contributed by atoms with Gasteiger partial charge in [-0.25, -0.2) is 0 Å². The summed E-state index contributed by atoms with van der Waals surface area (Å²) >= 11 is 0. The number of unbranched alkanes of at least 4 members (excludes halogenated alkanes) is 2. The minimum atomic E-state index is 0.545. The smallest absolute Gasteiger partial charge is 0.0376 e. The molecule has 0 saturated carbocycles. The van der Waals surface area contributed by atoms with Crippen molar-refractivity contribution in [2.45, 2.75) is 25.3 Å².